The topological polar surface area (TPSA) is 64.4 Å². The molecule has 1 aliphatic rings. The van der Waals surface area contributed by atoms with E-state index in [4.69, 9.17) is 9.26 Å². The third-order valence-electron chi connectivity index (χ3n) is 5.03. The molecule has 1 unspecified atom stereocenters. The number of carbonyl (C=O) groups is 1. The van der Waals surface area contributed by atoms with Crippen LogP contribution >= 0.6 is 0 Å². The Labute approximate surface area is 152 Å². The molecular weight excluding hydrogens is 328 g/mol. The molecule has 5 nitrogen and oxygen atoms in total. The maximum atomic E-state index is 12.6. The summed E-state index contributed by atoms with van der Waals surface area (Å²) in [5, 5.41) is 8.15. The van der Waals surface area contributed by atoms with Gasteiger partial charge in [-0.25, -0.2) is 0 Å². The Bertz CT molecular complexity index is 990. The summed E-state index contributed by atoms with van der Waals surface area (Å²) >= 11 is 0. The van der Waals surface area contributed by atoms with Crippen LogP contribution < -0.4 is 10.1 Å². The molecule has 2 aromatic carbocycles. The largest absolute Gasteiger partial charge is 0.493 e. The number of nitrogens with zero attached hydrogens (tertiary/aromatic N) is 1. The Morgan fingerprint density at radius 3 is 2.85 bits per heavy atom. The minimum atomic E-state index is -0.0576. The molecule has 5 heteroatoms. The van der Waals surface area contributed by atoms with Crippen molar-refractivity contribution in [3.05, 3.63) is 58.3 Å². The van der Waals surface area contributed by atoms with Crippen LogP contribution in [-0.2, 0) is 11.2 Å². The molecule has 0 spiro atoms. The first-order valence-electron chi connectivity index (χ1n) is 8.89. The Morgan fingerprint density at radius 1 is 1.19 bits per heavy atom. The van der Waals surface area contributed by atoms with Gasteiger partial charge in [0.05, 0.1) is 19.1 Å². The molecule has 1 N–H and O–H groups in total. The number of hydrogen-bond acceptors (Lipinski definition) is 4. The highest BCUT2D eigenvalue weighted by Gasteiger charge is 2.24. The molecule has 3 aromatic rings. The van der Waals surface area contributed by atoms with Crippen LogP contribution in [0.25, 0.3) is 11.0 Å². The molecule has 0 radical (unpaired) electrons. The quantitative estimate of drug-likeness (QED) is 0.777. The summed E-state index contributed by atoms with van der Waals surface area (Å²) in [5.41, 5.74) is 5.91. The van der Waals surface area contributed by atoms with E-state index >= 15 is 0 Å². The third kappa shape index (κ3) is 3.05. The Kier molecular flexibility index (Phi) is 4.15. The van der Waals surface area contributed by atoms with E-state index in [-0.39, 0.29) is 18.4 Å². The van der Waals surface area contributed by atoms with Crippen molar-refractivity contribution >= 4 is 16.9 Å². The molecule has 134 valence electrons. The van der Waals surface area contributed by atoms with Crippen molar-refractivity contribution in [1.29, 1.82) is 0 Å². The van der Waals surface area contributed by atoms with Gasteiger partial charge in [0, 0.05) is 17.4 Å². The van der Waals surface area contributed by atoms with Gasteiger partial charge in [-0.2, -0.15) is 0 Å². The lowest BCUT2D eigenvalue weighted by Crippen LogP contribution is -2.33. The van der Waals surface area contributed by atoms with Crippen LogP contribution in [0.2, 0.25) is 0 Å². The lowest BCUT2D eigenvalue weighted by Gasteiger charge is -2.27. The summed E-state index contributed by atoms with van der Waals surface area (Å²) < 4.78 is 11.1. The monoisotopic (exact) mass is 350 g/mol. The van der Waals surface area contributed by atoms with Gasteiger partial charge in [-0.1, -0.05) is 22.9 Å². The van der Waals surface area contributed by atoms with E-state index in [1.54, 1.807) is 0 Å². The smallest absolute Gasteiger partial charge is 0.226 e. The zero-order valence-corrected chi connectivity index (χ0v) is 15.3. The van der Waals surface area contributed by atoms with Crippen LogP contribution in [0.4, 0.5) is 0 Å². The molecule has 0 aliphatic carbocycles. The maximum absolute atomic E-state index is 12.6. The molecule has 1 aliphatic heterocycles. The number of aryl methyl sites for hydroxylation is 3. The highest BCUT2D eigenvalue weighted by atomic mass is 16.5. The Hall–Kier alpha value is -2.82. The summed E-state index contributed by atoms with van der Waals surface area (Å²) in [6.45, 7) is 6.73. The number of amides is 1. The van der Waals surface area contributed by atoms with Gasteiger partial charge in [-0.15, -0.1) is 0 Å². The average molecular weight is 350 g/mol. The number of ether oxygens (including phenoxy) is 1. The number of fused-ring (bicyclic) bond motifs is 2. The van der Waals surface area contributed by atoms with E-state index in [0.717, 1.165) is 45.4 Å². The molecule has 0 saturated carbocycles. The predicted molar refractivity (Wildman–Crippen MR) is 99.4 cm³/mol. The standard InChI is InChI=1S/C21H22N2O3/c1-12-4-5-19-15(8-12)17(6-7-25-19)22-21(24)11-18-16-9-13(2)14(3)10-20(16)26-23-18/h4-5,8-10,17H,6-7,11H2,1-3H3,(H,22,24). The minimum absolute atomic E-state index is 0.0340. The summed E-state index contributed by atoms with van der Waals surface area (Å²) in [5.74, 6) is 0.794. The van der Waals surface area contributed by atoms with E-state index in [1.165, 1.54) is 0 Å². The number of carbonyl (C=O) groups excluding carboxylic acids is 1. The number of benzene rings is 2. The normalized spacial score (nSPS) is 16.2. The van der Waals surface area contributed by atoms with Crippen molar-refractivity contribution in [2.24, 2.45) is 0 Å². The fourth-order valence-electron chi connectivity index (χ4n) is 3.43. The van der Waals surface area contributed by atoms with Gasteiger partial charge < -0.3 is 14.6 Å². The first-order chi connectivity index (χ1) is 12.5. The molecule has 1 atom stereocenters. The Balaban J connectivity index is 1.54. The molecule has 0 saturated heterocycles. The van der Waals surface area contributed by atoms with Crippen molar-refractivity contribution in [1.82, 2.24) is 10.5 Å². The number of hydrogen-bond donors (Lipinski definition) is 1. The van der Waals surface area contributed by atoms with Gasteiger partial charge in [0.2, 0.25) is 5.91 Å². The molecule has 1 amide bonds. The van der Waals surface area contributed by atoms with Crippen LogP contribution in [0, 0.1) is 20.8 Å². The van der Waals surface area contributed by atoms with E-state index < -0.39 is 0 Å². The lowest BCUT2D eigenvalue weighted by molar-refractivity contribution is -0.121. The SMILES string of the molecule is Cc1ccc2c(c1)C(NC(=O)Cc1noc3cc(C)c(C)cc13)CCO2. The molecule has 4 rings (SSSR count). The van der Waals surface area contributed by atoms with E-state index in [1.807, 2.05) is 45.0 Å². The van der Waals surface area contributed by atoms with Crippen LogP contribution in [-0.4, -0.2) is 17.7 Å². The van der Waals surface area contributed by atoms with Gasteiger partial charge in [0.1, 0.15) is 11.4 Å². The second-order valence-electron chi connectivity index (χ2n) is 7.04. The zero-order valence-electron chi connectivity index (χ0n) is 15.3. The first-order valence-corrected chi connectivity index (χ1v) is 8.89. The number of rotatable bonds is 3. The van der Waals surface area contributed by atoms with Gasteiger partial charge in [0.25, 0.3) is 0 Å². The van der Waals surface area contributed by atoms with E-state index in [9.17, 15) is 4.79 Å². The molecule has 0 bridgehead atoms. The Morgan fingerprint density at radius 2 is 2.00 bits per heavy atom. The lowest BCUT2D eigenvalue weighted by atomic mass is 9.98. The third-order valence-corrected chi connectivity index (χ3v) is 5.03. The van der Waals surface area contributed by atoms with E-state index in [2.05, 4.69) is 16.5 Å². The predicted octanol–water partition coefficient (Wildman–Crippen LogP) is 3.94. The average Bonchev–Trinajstić information content (AvgIpc) is 2.97. The van der Waals surface area contributed by atoms with Crippen molar-refractivity contribution in [2.75, 3.05) is 6.61 Å². The van der Waals surface area contributed by atoms with Crippen LogP contribution in [0.5, 0.6) is 5.75 Å². The second-order valence-corrected chi connectivity index (χ2v) is 7.04. The van der Waals surface area contributed by atoms with Crippen LogP contribution in [0.15, 0.2) is 34.9 Å². The summed E-state index contributed by atoms with van der Waals surface area (Å²) in [6, 6.07) is 10.0. The number of aromatic nitrogens is 1. The van der Waals surface area contributed by atoms with Crippen LogP contribution in [0.1, 0.15) is 40.4 Å². The fraction of sp³-hybridized carbons (Fsp3) is 0.333. The zero-order chi connectivity index (χ0) is 18.3. The van der Waals surface area contributed by atoms with Gasteiger partial charge >= 0.3 is 0 Å². The van der Waals surface area contributed by atoms with Crippen molar-refractivity contribution in [3.63, 3.8) is 0 Å². The summed E-state index contributed by atoms with van der Waals surface area (Å²) in [6.07, 6.45) is 0.966. The van der Waals surface area contributed by atoms with Gasteiger partial charge in [-0.05, 0) is 50.1 Å². The molecule has 26 heavy (non-hydrogen) atoms. The first kappa shape index (κ1) is 16.6. The summed E-state index contributed by atoms with van der Waals surface area (Å²) in [7, 11) is 0. The van der Waals surface area contributed by atoms with Gasteiger partial charge in [-0.3, -0.25) is 4.79 Å². The number of nitrogens with one attached hydrogen (secondary N) is 1. The molecule has 1 aromatic heterocycles. The van der Waals surface area contributed by atoms with E-state index in [0.29, 0.717) is 12.3 Å². The molecular formula is C21H22N2O3. The highest BCUT2D eigenvalue weighted by molar-refractivity contribution is 5.87. The van der Waals surface area contributed by atoms with Crippen molar-refractivity contribution in [2.45, 2.75) is 39.7 Å². The maximum Gasteiger partial charge on any atom is 0.226 e. The van der Waals surface area contributed by atoms with Crippen molar-refractivity contribution < 1.29 is 14.1 Å². The van der Waals surface area contributed by atoms with Gasteiger partial charge in [0.15, 0.2) is 5.58 Å². The molecule has 0 fully saturated rings. The highest BCUT2D eigenvalue weighted by Crippen LogP contribution is 2.32. The minimum Gasteiger partial charge on any atom is -0.493 e. The fourth-order valence-corrected chi connectivity index (χ4v) is 3.43. The summed E-state index contributed by atoms with van der Waals surface area (Å²) in [4.78, 5) is 12.6. The van der Waals surface area contributed by atoms with Crippen molar-refractivity contribution in [3.8, 4) is 5.75 Å². The second kappa shape index (κ2) is 6.48. The molecule has 2 heterocycles. The van der Waals surface area contributed by atoms with Crippen LogP contribution in [0.3, 0.4) is 0 Å².